The summed E-state index contributed by atoms with van der Waals surface area (Å²) in [6, 6.07) is 6.42. The minimum absolute atomic E-state index is 0.00904. The highest BCUT2D eigenvalue weighted by Crippen LogP contribution is 2.30. The van der Waals surface area contributed by atoms with E-state index in [4.69, 9.17) is 15.2 Å². The van der Waals surface area contributed by atoms with E-state index in [2.05, 4.69) is 17.1 Å². The predicted octanol–water partition coefficient (Wildman–Crippen LogP) is 1.38. The van der Waals surface area contributed by atoms with E-state index in [9.17, 15) is 4.79 Å². The fourth-order valence-corrected chi connectivity index (χ4v) is 3.16. The van der Waals surface area contributed by atoms with Gasteiger partial charge in [-0.2, -0.15) is 0 Å². The summed E-state index contributed by atoms with van der Waals surface area (Å²) in [5.74, 6) is 1.68. The first-order chi connectivity index (χ1) is 11.6. The molecular formula is C18H29N3O3. The Morgan fingerprint density at radius 3 is 2.83 bits per heavy atom. The van der Waals surface area contributed by atoms with Gasteiger partial charge in [0, 0.05) is 25.7 Å². The molecule has 6 heteroatoms. The number of nitrogens with two attached hydrogens (primary N) is 1. The number of carbonyl (C=O) groups is 1. The fraction of sp³-hybridized carbons (Fsp3) is 0.611. The number of likely N-dealkylation sites (N-methyl/N-ethyl adjacent to an activating group) is 1. The first kappa shape index (κ1) is 18.5. The summed E-state index contributed by atoms with van der Waals surface area (Å²) >= 11 is 0. The van der Waals surface area contributed by atoms with Gasteiger partial charge in [-0.05, 0) is 50.4 Å². The molecule has 0 aliphatic carbocycles. The quantitative estimate of drug-likeness (QED) is 0.750. The zero-order valence-electron chi connectivity index (χ0n) is 14.9. The second kappa shape index (κ2) is 8.89. The molecule has 1 amide bonds. The van der Waals surface area contributed by atoms with Crippen molar-refractivity contribution in [2.75, 3.05) is 33.4 Å². The fourth-order valence-electron chi connectivity index (χ4n) is 3.16. The van der Waals surface area contributed by atoms with Gasteiger partial charge >= 0.3 is 0 Å². The van der Waals surface area contributed by atoms with Gasteiger partial charge in [-0.3, -0.25) is 9.69 Å². The lowest BCUT2D eigenvalue weighted by Gasteiger charge is -2.21. The molecule has 0 aromatic heterocycles. The maximum absolute atomic E-state index is 11.5. The third kappa shape index (κ3) is 4.85. The van der Waals surface area contributed by atoms with Crippen molar-refractivity contribution in [2.45, 2.75) is 32.9 Å². The van der Waals surface area contributed by atoms with Gasteiger partial charge in [0.1, 0.15) is 0 Å². The van der Waals surface area contributed by atoms with E-state index in [1.165, 1.54) is 5.56 Å². The summed E-state index contributed by atoms with van der Waals surface area (Å²) in [4.78, 5) is 14.0. The smallest absolute Gasteiger partial charge is 0.257 e. The number of methoxy groups -OCH3 is 1. The van der Waals surface area contributed by atoms with Gasteiger partial charge in [0.05, 0.1) is 7.11 Å². The van der Waals surface area contributed by atoms with Crippen molar-refractivity contribution >= 4 is 5.91 Å². The van der Waals surface area contributed by atoms with E-state index in [1.54, 1.807) is 7.11 Å². The lowest BCUT2D eigenvalue weighted by atomic mass is 10.1. The zero-order valence-corrected chi connectivity index (χ0v) is 14.9. The molecule has 6 nitrogen and oxygen atoms in total. The Morgan fingerprint density at radius 1 is 1.42 bits per heavy atom. The molecule has 0 radical (unpaired) electrons. The van der Waals surface area contributed by atoms with Crippen LogP contribution in [0.3, 0.4) is 0 Å². The lowest BCUT2D eigenvalue weighted by Crippen LogP contribution is -2.28. The van der Waals surface area contributed by atoms with E-state index in [-0.39, 0.29) is 12.5 Å². The molecule has 1 aliphatic heterocycles. The highest BCUT2D eigenvalue weighted by molar-refractivity contribution is 5.77. The highest BCUT2D eigenvalue weighted by atomic mass is 16.5. The molecule has 3 N–H and O–H groups in total. The molecule has 1 aromatic carbocycles. The number of benzene rings is 1. The molecule has 24 heavy (non-hydrogen) atoms. The van der Waals surface area contributed by atoms with Crippen LogP contribution < -0.4 is 20.5 Å². The molecule has 1 aromatic rings. The molecular weight excluding hydrogens is 306 g/mol. The van der Waals surface area contributed by atoms with Crippen LogP contribution in [-0.2, 0) is 11.3 Å². The van der Waals surface area contributed by atoms with Crippen molar-refractivity contribution in [3.05, 3.63) is 23.8 Å². The van der Waals surface area contributed by atoms with Gasteiger partial charge in [-0.25, -0.2) is 0 Å². The summed E-state index contributed by atoms with van der Waals surface area (Å²) in [6.45, 7) is 7.36. The number of hydrogen-bond acceptors (Lipinski definition) is 5. The van der Waals surface area contributed by atoms with Gasteiger partial charge in [-0.1, -0.05) is 6.07 Å². The number of amides is 1. The average Bonchev–Trinajstić information content (AvgIpc) is 2.93. The van der Waals surface area contributed by atoms with Crippen molar-refractivity contribution in [2.24, 2.45) is 11.7 Å². The number of hydrogen-bond donors (Lipinski definition) is 2. The maximum Gasteiger partial charge on any atom is 0.257 e. The van der Waals surface area contributed by atoms with Crippen LogP contribution in [0.1, 0.15) is 25.8 Å². The molecule has 1 fully saturated rings. The van der Waals surface area contributed by atoms with Crippen LogP contribution >= 0.6 is 0 Å². The largest absolute Gasteiger partial charge is 0.493 e. The van der Waals surface area contributed by atoms with Crippen molar-refractivity contribution in [3.8, 4) is 11.5 Å². The van der Waals surface area contributed by atoms with Gasteiger partial charge in [0.25, 0.3) is 5.91 Å². The number of ether oxygens (including phenoxy) is 2. The topological polar surface area (TPSA) is 76.8 Å². The first-order valence-electron chi connectivity index (χ1n) is 8.57. The summed E-state index contributed by atoms with van der Waals surface area (Å²) in [7, 11) is 1.61. The number of nitrogens with zero attached hydrogens (tertiary/aromatic N) is 1. The van der Waals surface area contributed by atoms with Crippen LogP contribution in [0.4, 0.5) is 0 Å². The minimum atomic E-state index is -0.137. The van der Waals surface area contributed by atoms with Crippen molar-refractivity contribution in [1.29, 1.82) is 0 Å². The summed E-state index contributed by atoms with van der Waals surface area (Å²) in [5.41, 5.74) is 6.97. The number of carbonyl (C=O) groups excluding carboxylic acids is 1. The van der Waals surface area contributed by atoms with Crippen LogP contribution in [0.2, 0.25) is 0 Å². The van der Waals surface area contributed by atoms with Crippen LogP contribution in [0, 0.1) is 5.92 Å². The molecule has 0 bridgehead atoms. The molecule has 0 saturated carbocycles. The normalized spacial score (nSPS) is 20.8. The van der Waals surface area contributed by atoms with E-state index in [0.29, 0.717) is 30.0 Å². The van der Waals surface area contributed by atoms with E-state index in [1.807, 2.05) is 25.1 Å². The van der Waals surface area contributed by atoms with Gasteiger partial charge < -0.3 is 20.5 Å². The molecule has 0 unspecified atom stereocenters. The maximum atomic E-state index is 11.5. The van der Waals surface area contributed by atoms with Crippen molar-refractivity contribution in [3.63, 3.8) is 0 Å². The summed E-state index contributed by atoms with van der Waals surface area (Å²) < 4.78 is 11.0. The molecule has 2 atom stereocenters. The summed E-state index contributed by atoms with van der Waals surface area (Å²) in [6.07, 6.45) is 1.15. The molecule has 1 aliphatic rings. The minimum Gasteiger partial charge on any atom is -0.493 e. The van der Waals surface area contributed by atoms with Crippen LogP contribution in [0.25, 0.3) is 0 Å². The van der Waals surface area contributed by atoms with Gasteiger partial charge in [-0.15, -0.1) is 0 Å². The Morgan fingerprint density at radius 2 is 2.21 bits per heavy atom. The second-order valence-corrected chi connectivity index (χ2v) is 6.34. The Bertz CT molecular complexity index is 550. The van der Waals surface area contributed by atoms with Crippen LogP contribution in [0.15, 0.2) is 18.2 Å². The SMILES string of the molecule is CCNC(=O)COc1ccc(CN2C[C@@H](CN)C[C@@H]2C)cc1OC. The van der Waals surface area contributed by atoms with Crippen LogP contribution in [-0.4, -0.2) is 50.2 Å². The Hall–Kier alpha value is -1.79. The predicted molar refractivity (Wildman–Crippen MR) is 94.2 cm³/mol. The number of rotatable bonds is 8. The number of nitrogens with one attached hydrogen (secondary N) is 1. The van der Waals surface area contributed by atoms with Crippen molar-refractivity contribution < 1.29 is 14.3 Å². The summed E-state index contributed by atoms with van der Waals surface area (Å²) in [5, 5.41) is 2.71. The standard InChI is InChI=1S/C18H29N3O3/c1-4-20-18(22)12-24-16-6-5-14(8-17(16)23-3)10-21-11-15(9-19)7-13(21)2/h5-6,8,13,15H,4,7,9-12,19H2,1-3H3,(H,20,22)/t13-,15+/m0/s1. The monoisotopic (exact) mass is 335 g/mol. The molecule has 2 rings (SSSR count). The number of likely N-dealkylation sites (tertiary alicyclic amines) is 1. The molecule has 0 spiro atoms. The van der Waals surface area contributed by atoms with Gasteiger partial charge in [0.2, 0.25) is 0 Å². The third-order valence-electron chi connectivity index (χ3n) is 4.47. The lowest BCUT2D eigenvalue weighted by molar-refractivity contribution is -0.123. The highest BCUT2D eigenvalue weighted by Gasteiger charge is 2.28. The van der Waals surface area contributed by atoms with E-state index >= 15 is 0 Å². The van der Waals surface area contributed by atoms with E-state index in [0.717, 1.165) is 26.1 Å². The molecule has 134 valence electrons. The Labute approximate surface area is 144 Å². The van der Waals surface area contributed by atoms with E-state index < -0.39 is 0 Å². The first-order valence-corrected chi connectivity index (χ1v) is 8.57. The Kier molecular flexibility index (Phi) is 6.87. The second-order valence-electron chi connectivity index (χ2n) is 6.34. The Balaban J connectivity index is 1.99. The van der Waals surface area contributed by atoms with Crippen LogP contribution in [0.5, 0.6) is 11.5 Å². The van der Waals surface area contributed by atoms with Crippen molar-refractivity contribution in [1.82, 2.24) is 10.2 Å². The molecule has 1 heterocycles. The average molecular weight is 335 g/mol. The molecule has 1 saturated heterocycles. The third-order valence-corrected chi connectivity index (χ3v) is 4.47. The zero-order chi connectivity index (χ0) is 17.5. The van der Waals surface area contributed by atoms with Gasteiger partial charge in [0.15, 0.2) is 18.1 Å².